The molecule has 0 N–H and O–H groups in total. The summed E-state index contributed by atoms with van der Waals surface area (Å²) in [5.74, 6) is 0. The molecule has 0 amide bonds. The summed E-state index contributed by atoms with van der Waals surface area (Å²) in [6, 6.07) is 7.36. The molecule has 2 rings (SSSR count). The van der Waals surface area contributed by atoms with E-state index in [2.05, 4.69) is 5.10 Å². The molecule has 0 atom stereocenters. The molecule has 0 unspecified atom stereocenters. The molecule has 0 spiro atoms. The van der Waals surface area contributed by atoms with Crippen LogP contribution in [0.25, 0.3) is 5.69 Å². The van der Waals surface area contributed by atoms with Gasteiger partial charge in [-0.2, -0.15) is 5.10 Å². The fraction of sp³-hybridized carbons (Fsp3) is 0.100. The van der Waals surface area contributed by atoms with E-state index in [1.54, 1.807) is 16.8 Å². The summed E-state index contributed by atoms with van der Waals surface area (Å²) in [5, 5.41) is 5.36. The Morgan fingerprint density at radius 2 is 1.93 bits per heavy atom. The summed E-state index contributed by atoms with van der Waals surface area (Å²) in [6.45, 7) is 1.94. The second kappa shape index (κ2) is 3.64. The van der Waals surface area contributed by atoms with Gasteiger partial charge < -0.3 is 0 Å². The van der Waals surface area contributed by atoms with Gasteiger partial charge in [-0.15, -0.1) is 0 Å². The van der Waals surface area contributed by atoms with Crippen LogP contribution in [0.1, 0.15) is 5.69 Å². The maximum atomic E-state index is 5.90. The van der Waals surface area contributed by atoms with Crippen molar-refractivity contribution in [1.82, 2.24) is 9.78 Å². The second-order valence-electron chi connectivity index (χ2n) is 3.00. The molecule has 72 valence electrons. The minimum atomic E-state index is 0.539. The summed E-state index contributed by atoms with van der Waals surface area (Å²) in [6.07, 6.45) is 1.88. The molecule has 1 aromatic heterocycles. The van der Waals surface area contributed by atoms with Crippen molar-refractivity contribution in [3.05, 3.63) is 46.2 Å². The first kappa shape index (κ1) is 9.56. The lowest BCUT2D eigenvalue weighted by atomic mass is 10.3. The van der Waals surface area contributed by atoms with Gasteiger partial charge in [0.2, 0.25) is 0 Å². The van der Waals surface area contributed by atoms with Gasteiger partial charge in [0.15, 0.2) is 0 Å². The van der Waals surface area contributed by atoms with Crippen LogP contribution in [0.5, 0.6) is 0 Å². The van der Waals surface area contributed by atoms with Gasteiger partial charge in [-0.25, -0.2) is 4.68 Å². The predicted octanol–water partition coefficient (Wildman–Crippen LogP) is 3.49. The fourth-order valence-electron chi connectivity index (χ4n) is 1.19. The zero-order chi connectivity index (χ0) is 10.1. The zero-order valence-corrected chi connectivity index (χ0v) is 9.05. The van der Waals surface area contributed by atoms with E-state index < -0.39 is 0 Å². The summed E-state index contributed by atoms with van der Waals surface area (Å²) in [7, 11) is 0. The van der Waals surface area contributed by atoms with E-state index in [9.17, 15) is 0 Å². The molecule has 0 aliphatic heterocycles. The highest BCUT2D eigenvalue weighted by atomic mass is 35.5. The van der Waals surface area contributed by atoms with E-state index in [0.717, 1.165) is 11.4 Å². The lowest BCUT2D eigenvalue weighted by molar-refractivity contribution is 0.863. The van der Waals surface area contributed by atoms with Crippen LogP contribution >= 0.6 is 23.2 Å². The molecule has 4 heteroatoms. The summed E-state index contributed by atoms with van der Waals surface area (Å²) >= 11 is 11.7. The molecule has 1 aromatic carbocycles. The van der Waals surface area contributed by atoms with Crippen molar-refractivity contribution >= 4 is 23.2 Å². The normalized spacial score (nSPS) is 10.5. The van der Waals surface area contributed by atoms with Crippen molar-refractivity contribution in [1.29, 1.82) is 0 Å². The highest BCUT2D eigenvalue weighted by molar-refractivity contribution is 6.42. The molecule has 14 heavy (non-hydrogen) atoms. The molecule has 2 nitrogen and oxygen atoms in total. The number of hydrogen-bond donors (Lipinski definition) is 0. The summed E-state index contributed by atoms with van der Waals surface area (Å²) in [5.41, 5.74) is 1.88. The van der Waals surface area contributed by atoms with Crippen molar-refractivity contribution < 1.29 is 0 Å². The Balaban J connectivity index is 2.47. The van der Waals surface area contributed by atoms with Crippen LogP contribution in [0.3, 0.4) is 0 Å². The molecule has 0 aliphatic carbocycles. The van der Waals surface area contributed by atoms with Gasteiger partial charge in [-0.3, -0.25) is 0 Å². The third kappa shape index (κ3) is 1.76. The molecule has 0 radical (unpaired) electrons. The van der Waals surface area contributed by atoms with Crippen LogP contribution in [0.2, 0.25) is 10.0 Å². The van der Waals surface area contributed by atoms with Crippen LogP contribution < -0.4 is 0 Å². The molecule has 0 saturated carbocycles. The average molecular weight is 227 g/mol. The largest absolute Gasteiger partial charge is 0.241 e. The quantitative estimate of drug-likeness (QED) is 0.729. The first-order valence-corrected chi connectivity index (χ1v) is 4.90. The van der Waals surface area contributed by atoms with Crippen molar-refractivity contribution in [2.75, 3.05) is 0 Å². The van der Waals surface area contributed by atoms with E-state index in [1.165, 1.54) is 0 Å². The molecular formula is C10H8Cl2N2. The van der Waals surface area contributed by atoms with Crippen molar-refractivity contribution in [2.24, 2.45) is 0 Å². The number of hydrogen-bond acceptors (Lipinski definition) is 1. The van der Waals surface area contributed by atoms with Gasteiger partial charge in [0, 0.05) is 6.20 Å². The second-order valence-corrected chi connectivity index (χ2v) is 3.81. The topological polar surface area (TPSA) is 17.8 Å². The highest BCUT2D eigenvalue weighted by Gasteiger charge is 2.01. The smallest absolute Gasteiger partial charge is 0.0661 e. The SMILES string of the molecule is Cc1ccn(-c2ccc(Cl)c(Cl)c2)n1. The summed E-state index contributed by atoms with van der Waals surface area (Å²) < 4.78 is 1.76. The van der Waals surface area contributed by atoms with Crippen LogP contribution in [-0.4, -0.2) is 9.78 Å². The minimum Gasteiger partial charge on any atom is -0.241 e. The Labute approximate surface area is 92.1 Å². The predicted molar refractivity (Wildman–Crippen MR) is 58.3 cm³/mol. The van der Waals surface area contributed by atoms with Gasteiger partial charge in [-0.05, 0) is 31.2 Å². The third-order valence-electron chi connectivity index (χ3n) is 1.89. The molecule has 1 heterocycles. The Hall–Kier alpha value is -0.990. The molecule has 0 aliphatic rings. The van der Waals surface area contributed by atoms with Crippen LogP contribution in [0.15, 0.2) is 30.5 Å². The van der Waals surface area contributed by atoms with Gasteiger partial charge in [0.1, 0.15) is 0 Å². The van der Waals surface area contributed by atoms with E-state index in [-0.39, 0.29) is 0 Å². The van der Waals surface area contributed by atoms with Gasteiger partial charge in [0.05, 0.1) is 21.4 Å². The number of halogens is 2. The van der Waals surface area contributed by atoms with E-state index >= 15 is 0 Å². The van der Waals surface area contributed by atoms with Crippen LogP contribution in [0.4, 0.5) is 0 Å². The fourth-order valence-corrected chi connectivity index (χ4v) is 1.48. The molecule has 2 aromatic rings. The Morgan fingerprint density at radius 1 is 1.14 bits per heavy atom. The average Bonchev–Trinajstić information content (AvgIpc) is 2.57. The monoisotopic (exact) mass is 226 g/mol. The van der Waals surface area contributed by atoms with Gasteiger partial charge in [0.25, 0.3) is 0 Å². The molecule has 0 bridgehead atoms. The third-order valence-corrected chi connectivity index (χ3v) is 2.63. The van der Waals surface area contributed by atoms with Gasteiger partial charge in [-0.1, -0.05) is 23.2 Å². The zero-order valence-electron chi connectivity index (χ0n) is 7.54. The Bertz CT molecular complexity index is 463. The van der Waals surface area contributed by atoms with Crippen molar-refractivity contribution in [3.8, 4) is 5.69 Å². The molecule has 0 saturated heterocycles. The van der Waals surface area contributed by atoms with Gasteiger partial charge >= 0.3 is 0 Å². The van der Waals surface area contributed by atoms with Crippen molar-refractivity contribution in [2.45, 2.75) is 6.92 Å². The van der Waals surface area contributed by atoms with E-state index in [1.807, 2.05) is 25.3 Å². The lowest BCUT2D eigenvalue weighted by Gasteiger charge is -2.02. The maximum absolute atomic E-state index is 5.90. The Kier molecular flexibility index (Phi) is 2.48. The van der Waals surface area contributed by atoms with Crippen LogP contribution in [-0.2, 0) is 0 Å². The number of aryl methyl sites for hydroxylation is 1. The number of rotatable bonds is 1. The number of aromatic nitrogens is 2. The number of nitrogens with zero attached hydrogens (tertiary/aromatic N) is 2. The maximum Gasteiger partial charge on any atom is 0.0661 e. The first-order chi connectivity index (χ1) is 6.66. The summed E-state index contributed by atoms with van der Waals surface area (Å²) in [4.78, 5) is 0. The number of benzene rings is 1. The lowest BCUT2D eigenvalue weighted by Crippen LogP contribution is -1.94. The standard InChI is InChI=1S/C10H8Cl2N2/c1-7-4-5-14(13-7)8-2-3-9(11)10(12)6-8/h2-6H,1H3. The van der Waals surface area contributed by atoms with E-state index in [0.29, 0.717) is 10.0 Å². The van der Waals surface area contributed by atoms with Crippen molar-refractivity contribution in [3.63, 3.8) is 0 Å². The first-order valence-electron chi connectivity index (χ1n) is 4.14. The minimum absolute atomic E-state index is 0.539. The molecule has 0 fully saturated rings. The van der Waals surface area contributed by atoms with Crippen LogP contribution in [0, 0.1) is 6.92 Å². The van der Waals surface area contributed by atoms with E-state index in [4.69, 9.17) is 23.2 Å². The Morgan fingerprint density at radius 3 is 2.50 bits per heavy atom. The highest BCUT2D eigenvalue weighted by Crippen LogP contribution is 2.24. The molecular weight excluding hydrogens is 219 g/mol.